The van der Waals surface area contributed by atoms with Crippen LogP contribution in [-0.4, -0.2) is 37.1 Å². The quantitative estimate of drug-likeness (QED) is 0.864. The van der Waals surface area contributed by atoms with Gasteiger partial charge in [0.2, 0.25) is 5.91 Å². The Morgan fingerprint density at radius 3 is 3.00 bits per heavy atom. The van der Waals surface area contributed by atoms with Crippen LogP contribution in [0.25, 0.3) is 0 Å². The molecule has 22 heavy (non-hydrogen) atoms. The fourth-order valence-corrected chi connectivity index (χ4v) is 3.04. The molecule has 2 aromatic heterocycles. The highest BCUT2D eigenvalue weighted by molar-refractivity contribution is 5.77. The van der Waals surface area contributed by atoms with E-state index in [0.717, 1.165) is 42.9 Å². The van der Waals surface area contributed by atoms with E-state index < -0.39 is 0 Å². The maximum Gasteiger partial charge on any atom is 0.223 e. The standard InChI is InChI=1S/C16H21N5O/c1-12-10-17-11-14(19-12)15-4-3-9-21(15)16(22)6-5-13-7-8-18-20(13)2/h7-8,10-11,15H,3-6,9H2,1-2H3. The Hall–Kier alpha value is -2.24. The van der Waals surface area contributed by atoms with Gasteiger partial charge in [-0.2, -0.15) is 5.10 Å². The minimum atomic E-state index is 0.0754. The van der Waals surface area contributed by atoms with Crippen LogP contribution in [0.2, 0.25) is 0 Å². The van der Waals surface area contributed by atoms with Crippen LogP contribution in [-0.2, 0) is 18.3 Å². The minimum absolute atomic E-state index is 0.0754. The first-order valence-electron chi connectivity index (χ1n) is 7.70. The van der Waals surface area contributed by atoms with Crippen LogP contribution in [0.3, 0.4) is 0 Å². The first-order chi connectivity index (χ1) is 10.6. The first-order valence-corrected chi connectivity index (χ1v) is 7.70. The summed E-state index contributed by atoms with van der Waals surface area (Å²) in [6.07, 6.45) is 8.51. The number of hydrogen-bond donors (Lipinski definition) is 0. The molecule has 3 heterocycles. The monoisotopic (exact) mass is 299 g/mol. The summed E-state index contributed by atoms with van der Waals surface area (Å²) in [7, 11) is 1.90. The van der Waals surface area contributed by atoms with Crippen molar-refractivity contribution in [1.82, 2.24) is 24.6 Å². The number of aryl methyl sites for hydroxylation is 3. The zero-order chi connectivity index (χ0) is 15.5. The van der Waals surface area contributed by atoms with Crippen LogP contribution < -0.4 is 0 Å². The van der Waals surface area contributed by atoms with E-state index in [1.54, 1.807) is 18.6 Å². The maximum atomic E-state index is 12.6. The first kappa shape index (κ1) is 14.7. The molecule has 3 rings (SSSR count). The fourth-order valence-electron chi connectivity index (χ4n) is 3.04. The molecule has 1 saturated heterocycles. The van der Waals surface area contributed by atoms with Crippen LogP contribution in [0, 0.1) is 6.92 Å². The summed E-state index contributed by atoms with van der Waals surface area (Å²) in [4.78, 5) is 23.3. The molecule has 2 aromatic rings. The molecule has 1 fully saturated rings. The summed E-state index contributed by atoms with van der Waals surface area (Å²) in [5, 5.41) is 4.14. The molecular weight excluding hydrogens is 278 g/mol. The number of aromatic nitrogens is 4. The Balaban J connectivity index is 1.67. The fraction of sp³-hybridized carbons (Fsp3) is 0.500. The Morgan fingerprint density at radius 2 is 2.27 bits per heavy atom. The second-order valence-electron chi connectivity index (χ2n) is 5.78. The van der Waals surface area contributed by atoms with Gasteiger partial charge < -0.3 is 4.90 Å². The molecule has 0 N–H and O–H groups in total. The summed E-state index contributed by atoms with van der Waals surface area (Å²) in [6.45, 7) is 2.74. The van der Waals surface area contributed by atoms with Gasteiger partial charge in [0.15, 0.2) is 0 Å². The van der Waals surface area contributed by atoms with Crippen molar-refractivity contribution < 1.29 is 4.79 Å². The van der Waals surface area contributed by atoms with Crippen molar-refractivity contribution in [2.75, 3.05) is 6.54 Å². The highest BCUT2D eigenvalue weighted by atomic mass is 16.2. The number of carbonyl (C=O) groups excluding carboxylic acids is 1. The molecule has 0 aromatic carbocycles. The Kier molecular flexibility index (Phi) is 4.18. The third-order valence-electron chi connectivity index (χ3n) is 4.21. The highest BCUT2D eigenvalue weighted by Crippen LogP contribution is 2.31. The molecule has 1 amide bonds. The molecule has 0 spiro atoms. The van der Waals surface area contributed by atoms with Crippen molar-refractivity contribution in [3.8, 4) is 0 Å². The molecule has 0 bridgehead atoms. The molecule has 1 aliphatic rings. The lowest BCUT2D eigenvalue weighted by Gasteiger charge is -2.24. The molecule has 0 saturated carbocycles. The lowest BCUT2D eigenvalue weighted by Crippen LogP contribution is -2.31. The van der Waals surface area contributed by atoms with Gasteiger partial charge in [-0.3, -0.25) is 19.4 Å². The summed E-state index contributed by atoms with van der Waals surface area (Å²) in [6, 6.07) is 2.03. The largest absolute Gasteiger partial charge is 0.334 e. The van der Waals surface area contributed by atoms with Gasteiger partial charge in [-0.15, -0.1) is 0 Å². The zero-order valence-corrected chi connectivity index (χ0v) is 13.1. The summed E-state index contributed by atoms with van der Waals surface area (Å²) in [5.74, 6) is 0.187. The van der Waals surface area contributed by atoms with Gasteiger partial charge in [0.05, 0.1) is 23.6 Å². The van der Waals surface area contributed by atoms with E-state index in [9.17, 15) is 4.79 Å². The molecule has 6 heteroatoms. The van der Waals surface area contributed by atoms with Crippen molar-refractivity contribution >= 4 is 5.91 Å². The Bertz CT molecular complexity index is 666. The van der Waals surface area contributed by atoms with Crippen molar-refractivity contribution in [1.29, 1.82) is 0 Å². The van der Waals surface area contributed by atoms with E-state index in [2.05, 4.69) is 15.1 Å². The normalized spacial score (nSPS) is 17.9. The van der Waals surface area contributed by atoms with Crippen LogP contribution in [0.15, 0.2) is 24.7 Å². The van der Waals surface area contributed by atoms with E-state index in [0.29, 0.717) is 6.42 Å². The summed E-state index contributed by atoms with van der Waals surface area (Å²) >= 11 is 0. The average Bonchev–Trinajstić information content (AvgIpc) is 3.14. The Morgan fingerprint density at radius 1 is 1.41 bits per heavy atom. The van der Waals surface area contributed by atoms with Crippen LogP contribution in [0.1, 0.15) is 42.4 Å². The average molecular weight is 299 g/mol. The minimum Gasteiger partial charge on any atom is -0.334 e. The third kappa shape index (κ3) is 3.00. The second kappa shape index (κ2) is 6.25. The molecule has 116 valence electrons. The van der Waals surface area contributed by atoms with Crippen LogP contribution in [0.4, 0.5) is 0 Å². The summed E-state index contributed by atoms with van der Waals surface area (Å²) < 4.78 is 1.82. The molecule has 0 radical (unpaired) electrons. The molecule has 1 unspecified atom stereocenters. The smallest absolute Gasteiger partial charge is 0.223 e. The van der Waals surface area contributed by atoms with Gasteiger partial charge in [0, 0.05) is 38.1 Å². The van der Waals surface area contributed by atoms with Crippen LogP contribution >= 0.6 is 0 Å². The SMILES string of the molecule is Cc1cncc(C2CCCN2C(=O)CCc2ccnn2C)n1. The topological polar surface area (TPSA) is 63.9 Å². The predicted molar refractivity (Wildman–Crippen MR) is 82.0 cm³/mol. The van der Waals surface area contributed by atoms with Gasteiger partial charge in [-0.05, 0) is 32.3 Å². The number of nitrogens with zero attached hydrogens (tertiary/aromatic N) is 5. The van der Waals surface area contributed by atoms with Crippen molar-refractivity contribution in [2.45, 2.75) is 38.6 Å². The molecule has 6 nitrogen and oxygen atoms in total. The number of amides is 1. The van der Waals surface area contributed by atoms with Crippen molar-refractivity contribution in [3.63, 3.8) is 0 Å². The predicted octanol–water partition coefficient (Wildman–Crippen LogP) is 1.81. The maximum absolute atomic E-state index is 12.6. The number of likely N-dealkylation sites (tertiary alicyclic amines) is 1. The van der Waals surface area contributed by atoms with Gasteiger partial charge in [-0.1, -0.05) is 0 Å². The van der Waals surface area contributed by atoms with E-state index in [1.807, 2.05) is 29.6 Å². The van der Waals surface area contributed by atoms with Gasteiger partial charge >= 0.3 is 0 Å². The van der Waals surface area contributed by atoms with E-state index in [1.165, 1.54) is 0 Å². The zero-order valence-electron chi connectivity index (χ0n) is 13.1. The molecule has 1 aliphatic heterocycles. The second-order valence-corrected chi connectivity index (χ2v) is 5.78. The molecule has 0 aliphatic carbocycles. The highest BCUT2D eigenvalue weighted by Gasteiger charge is 2.30. The van der Waals surface area contributed by atoms with E-state index >= 15 is 0 Å². The van der Waals surface area contributed by atoms with E-state index in [4.69, 9.17) is 0 Å². The summed E-state index contributed by atoms with van der Waals surface area (Å²) in [5.41, 5.74) is 2.89. The van der Waals surface area contributed by atoms with Crippen molar-refractivity contribution in [2.24, 2.45) is 7.05 Å². The number of hydrogen-bond acceptors (Lipinski definition) is 4. The van der Waals surface area contributed by atoms with Crippen LogP contribution in [0.5, 0.6) is 0 Å². The van der Waals surface area contributed by atoms with Crippen molar-refractivity contribution in [3.05, 3.63) is 41.7 Å². The number of rotatable bonds is 4. The lowest BCUT2D eigenvalue weighted by molar-refractivity contribution is -0.132. The number of carbonyl (C=O) groups is 1. The molecular formula is C16H21N5O. The Labute approximate surface area is 130 Å². The van der Waals surface area contributed by atoms with Gasteiger partial charge in [0.1, 0.15) is 0 Å². The van der Waals surface area contributed by atoms with Gasteiger partial charge in [0.25, 0.3) is 0 Å². The molecule has 1 atom stereocenters. The lowest BCUT2D eigenvalue weighted by atomic mass is 10.1. The van der Waals surface area contributed by atoms with Gasteiger partial charge in [-0.25, -0.2) is 0 Å². The third-order valence-corrected chi connectivity index (χ3v) is 4.21. The van der Waals surface area contributed by atoms with E-state index in [-0.39, 0.29) is 11.9 Å².